The van der Waals surface area contributed by atoms with Gasteiger partial charge in [0.1, 0.15) is 5.01 Å². The molecule has 0 amide bonds. The van der Waals surface area contributed by atoms with Gasteiger partial charge in [-0.1, -0.05) is 6.92 Å². The molecule has 1 N–H and O–H groups in total. The van der Waals surface area contributed by atoms with Gasteiger partial charge in [-0.2, -0.15) is 0 Å². The molecule has 0 saturated heterocycles. The number of imidazole rings is 1. The van der Waals surface area contributed by atoms with Gasteiger partial charge in [0, 0.05) is 43.7 Å². The van der Waals surface area contributed by atoms with Crippen LogP contribution < -0.4 is 5.32 Å². The van der Waals surface area contributed by atoms with Gasteiger partial charge in [-0.15, -0.1) is 11.3 Å². The van der Waals surface area contributed by atoms with Crippen molar-refractivity contribution in [2.24, 2.45) is 0 Å². The van der Waals surface area contributed by atoms with Crippen LogP contribution in [0.3, 0.4) is 0 Å². The Bertz CT molecular complexity index is 483. The second-order valence-corrected chi connectivity index (χ2v) is 5.40. The lowest BCUT2D eigenvalue weighted by atomic mass is 10.2. The second-order valence-electron chi connectivity index (χ2n) is 4.47. The molecule has 0 spiro atoms. The molecule has 0 aliphatic heterocycles. The number of hydrogen-bond donors (Lipinski definition) is 1. The highest BCUT2D eigenvalue weighted by Gasteiger charge is 2.14. The molecule has 2 rings (SSSR count). The number of anilines is 1. The summed E-state index contributed by atoms with van der Waals surface area (Å²) in [6.45, 7) is 6.65. The monoisotopic (exact) mass is 294 g/mol. The fourth-order valence-corrected chi connectivity index (χ4v) is 2.78. The van der Waals surface area contributed by atoms with Gasteiger partial charge in [0.15, 0.2) is 0 Å². The number of rotatable bonds is 9. The van der Waals surface area contributed by atoms with E-state index < -0.39 is 0 Å². The van der Waals surface area contributed by atoms with Gasteiger partial charge >= 0.3 is 0 Å². The molecular weight excluding hydrogens is 272 g/mol. The van der Waals surface area contributed by atoms with Crippen LogP contribution in [0.1, 0.15) is 37.7 Å². The number of aromatic nitrogens is 3. The number of ether oxygens (including phenoxy) is 1. The average molecular weight is 294 g/mol. The summed E-state index contributed by atoms with van der Waals surface area (Å²) in [6.07, 6.45) is 7.66. The van der Waals surface area contributed by atoms with Crippen LogP contribution in [0.15, 0.2) is 24.0 Å². The average Bonchev–Trinajstić information content (AvgIpc) is 3.12. The summed E-state index contributed by atoms with van der Waals surface area (Å²) in [6, 6.07) is 0.225. The molecule has 0 fully saturated rings. The Morgan fingerprint density at radius 1 is 1.35 bits per heavy atom. The quantitative estimate of drug-likeness (QED) is 0.721. The molecule has 1 atom stereocenters. The van der Waals surface area contributed by atoms with Crippen molar-refractivity contribution in [3.63, 3.8) is 0 Å². The molecule has 0 aromatic carbocycles. The highest BCUT2D eigenvalue weighted by molar-refractivity contribution is 7.09. The fraction of sp³-hybridized carbons (Fsp3) is 0.571. The predicted octanol–water partition coefficient (Wildman–Crippen LogP) is 3.33. The zero-order chi connectivity index (χ0) is 14.2. The summed E-state index contributed by atoms with van der Waals surface area (Å²) >= 11 is 1.68. The largest absolute Gasteiger partial charge is 0.382 e. The minimum atomic E-state index is 0.225. The summed E-state index contributed by atoms with van der Waals surface area (Å²) in [4.78, 5) is 8.78. The lowest BCUT2D eigenvalue weighted by Crippen LogP contribution is -2.14. The number of thiazole rings is 1. The first-order valence-corrected chi connectivity index (χ1v) is 7.97. The van der Waals surface area contributed by atoms with Crippen molar-refractivity contribution in [1.29, 1.82) is 0 Å². The summed E-state index contributed by atoms with van der Waals surface area (Å²) in [7, 11) is 0. The van der Waals surface area contributed by atoms with Crippen LogP contribution in [0.5, 0.6) is 0 Å². The third kappa shape index (κ3) is 4.05. The Labute approximate surface area is 124 Å². The molecule has 0 saturated carbocycles. The van der Waals surface area contributed by atoms with Crippen LogP contribution in [0.4, 0.5) is 5.95 Å². The SMILES string of the molecule is CCOCCCn1ccnc1NC(CC)c1nccs1. The molecule has 6 heteroatoms. The van der Waals surface area contributed by atoms with Crippen molar-refractivity contribution in [2.45, 2.75) is 39.3 Å². The Hall–Kier alpha value is -1.40. The van der Waals surface area contributed by atoms with E-state index in [-0.39, 0.29) is 6.04 Å². The number of nitrogens with zero attached hydrogens (tertiary/aromatic N) is 3. The van der Waals surface area contributed by atoms with E-state index in [0.717, 1.165) is 43.6 Å². The zero-order valence-corrected chi connectivity index (χ0v) is 12.9. The third-order valence-electron chi connectivity index (χ3n) is 3.07. The maximum Gasteiger partial charge on any atom is 0.203 e. The Morgan fingerprint density at radius 2 is 2.25 bits per heavy atom. The molecule has 0 radical (unpaired) electrons. The van der Waals surface area contributed by atoms with Crippen LogP contribution in [-0.4, -0.2) is 27.7 Å². The topological polar surface area (TPSA) is 52.0 Å². The van der Waals surface area contributed by atoms with E-state index >= 15 is 0 Å². The van der Waals surface area contributed by atoms with Crippen molar-refractivity contribution in [3.8, 4) is 0 Å². The lowest BCUT2D eigenvalue weighted by Gasteiger charge is -2.16. The zero-order valence-electron chi connectivity index (χ0n) is 12.1. The molecule has 0 bridgehead atoms. The van der Waals surface area contributed by atoms with Crippen molar-refractivity contribution in [1.82, 2.24) is 14.5 Å². The van der Waals surface area contributed by atoms with Crippen LogP contribution in [0, 0.1) is 0 Å². The van der Waals surface area contributed by atoms with E-state index in [0.29, 0.717) is 0 Å². The van der Waals surface area contributed by atoms with Gasteiger partial charge in [-0.05, 0) is 19.8 Å². The van der Waals surface area contributed by atoms with Crippen molar-refractivity contribution in [3.05, 3.63) is 29.0 Å². The van der Waals surface area contributed by atoms with Crippen molar-refractivity contribution < 1.29 is 4.74 Å². The highest BCUT2D eigenvalue weighted by Crippen LogP contribution is 2.23. The van der Waals surface area contributed by atoms with E-state index in [1.54, 1.807) is 11.3 Å². The summed E-state index contributed by atoms with van der Waals surface area (Å²) in [5.74, 6) is 0.906. The third-order valence-corrected chi connectivity index (χ3v) is 3.96. The standard InChI is InChI=1S/C14H22N4OS/c1-3-12(13-15-7-11-20-13)17-14-16-6-9-18(14)8-5-10-19-4-2/h6-7,9,11-12H,3-5,8,10H2,1-2H3,(H,16,17). The first kappa shape index (κ1) is 15.0. The molecule has 2 aromatic heterocycles. The molecule has 5 nitrogen and oxygen atoms in total. The van der Waals surface area contributed by atoms with Gasteiger partial charge in [-0.3, -0.25) is 0 Å². The first-order valence-electron chi connectivity index (χ1n) is 7.10. The number of nitrogens with one attached hydrogen (secondary N) is 1. The second kappa shape index (κ2) is 8.01. The van der Waals surface area contributed by atoms with E-state index in [1.165, 1.54) is 0 Å². The number of hydrogen-bond acceptors (Lipinski definition) is 5. The van der Waals surface area contributed by atoms with Gasteiger partial charge < -0.3 is 14.6 Å². The van der Waals surface area contributed by atoms with E-state index in [4.69, 9.17) is 4.74 Å². The normalized spacial score (nSPS) is 12.5. The lowest BCUT2D eigenvalue weighted by molar-refractivity contribution is 0.142. The fourth-order valence-electron chi connectivity index (χ4n) is 2.01. The minimum Gasteiger partial charge on any atom is -0.382 e. The Morgan fingerprint density at radius 3 is 2.95 bits per heavy atom. The van der Waals surface area contributed by atoms with Crippen molar-refractivity contribution in [2.75, 3.05) is 18.5 Å². The summed E-state index contributed by atoms with van der Waals surface area (Å²) in [5, 5.41) is 6.60. The molecule has 2 heterocycles. The van der Waals surface area contributed by atoms with Crippen molar-refractivity contribution >= 4 is 17.3 Å². The Kier molecular flexibility index (Phi) is 6.01. The van der Waals surface area contributed by atoms with E-state index in [9.17, 15) is 0 Å². The van der Waals surface area contributed by atoms with Gasteiger partial charge in [0.05, 0.1) is 6.04 Å². The molecular formula is C14H22N4OS. The molecule has 20 heavy (non-hydrogen) atoms. The smallest absolute Gasteiger partial charge is 0.203 e. The minimum absolute atomic E-state index is 0.225. The van der Waals surface area contributed by atoms with Crippen LogP contribution in [0.2, 0.25) is 0 Å². The van der Waals surface area contributed by atoms with Gasteiger partial charge in [0.2, 0.25) is 5.95 Å². The Balaban J connectivity index is 1.93. The molecule has 0 aliphatic carbocycles. The summed E-state index contributed by atoms with van der Waals surface area (Å²) in [5.41, 5.74) is 0. The maximum atomic E-state index is 5.37. The van der Waals surface area contributed by atoms with Crippen LogP contribution in [-0.2, 0) is 11.3 Å². The van der Waals surface area contributed by atoms with Gasteiger partial charge in [-0.25, -0.2) is 9.97 Å². The van der Waals surface area contributed by atoms with Crippen LogP contribution >= 0.6 is 11.3 Å². The van der Waals surface area contributed by atoms with E-state index in [1.807, 2.05) is 30.9 Å². The number of aryl methyl sites for hydroxylation is 1. The summed E-state index contributed by atoms with van der Waals surface area (Å²) < 4.78 is 7.50. The predicted molar refractivity (Wildman–Crippen MR) is 82.1 cm³/mol. The molecule has 1 unspecified atom stereocenters. The molecule has 2 aromatic rings. The van der Waals surface area contributed by atoms with E-state index in [2.05, 4.69) is 26.8 Å². The van der Waals surface area contributed by atoms with Gasteiger partial charge in [0.25, 0.3) is 0 Å². The van der Waals surface area contributed by atoms with Crippen LogP contribution in [0.25, 0.3) is 0 Å². The molecule has 0 aliphatic rings. The highest BCUT2D eigenvalue weighted by atomic mass is 32.1. The first-order chi connectivity index (χ1) is 9.85. The maximum absolute atomic E-state index is 5.37. The molecule has 110 valence electrons.